The van der Waals surface area contributed by atoms with Gasteiger partial charge in [-0.1, -0.05) is 73.1 Å². The Bertz CT molecular complexity index is 914. The maximum Gasteiger partial charge on any atom is 0.230 e. The third-order valence-electron chi connectivity index (χ3n) is 4.16. The van der Waals surface area contributed by atoms with E-state index in [1.165, 1.54) is 11.8 Å². The molecule has 1 heterocycles. The van der Waals surface area contributed by atoms with Gasteiger partial charge < -0.3 is 5.32 Å². The molecule has 7 heteroatoms. The van der Waals surface area contributed by atoms with E-state index < -0.39 is 0 Å². The van der Waals surface area contributed by atoms with Crippen LogP contribution in [0.25, 0.3) is 5.69 Å². The fourth-order valence-electron chi connectivity index (χ4n) is 2.75. The van der Waals surface area contributed by atoms with Gasteiger partial charge in [-0.3, -0.25) is 9.36 Å². The average molecular weight is 415 g/mol. The highest BCUT2D eigenvalue weighted by atomic mass is 35.5. The van der Waals surface area contributed by atoms with Crippen LogP contribution in [0.2, 0.25) is 5.02 Å². The molecule has 0 spiro atoms. The normalized spacial score (nSPS) is 10.8. The van der Waals surface area contributed by atoms with E-state index >= 15 is 0 Å². The van der Waals surface area contributed by atoms with Crippen LogP contribution in [0.4, 0.5) is 0 Å². The van der Waals surface area contributed by atoms with Gasteiger partial charge in [-0.05, 0) is 30.2 Å². The predicted octanol–water partition coefficient (Wildman–Crippen LogP) is 4.52. The molecule has 0 atom stereocenters. The van der Waals surface area contributed by atoms with Crippen molar-refractivity contribution in [3.05, 3.63) is 71.0 Å². The van der Waals surface area contributed by atoms with Gasteiger partial charge in [0.2, 0.25) is 5.91 Å². The summed E-state index contributed by atoms with van der Waals surface area (Å²) in [5, 5.41) is 13.0. The number of thioether (sulfide) groups is 1. The van der Waals surface area contributed by atoms with E-state index in [4.69, 9.17) is 11.6 Å². The van der Waals surface area contributed by atoms with Crippen LogP contribution in [-0.4, -0.2) is 33.0 Å². The molecule has 0 unspecified atom stereocenters. The van der Waals surface area contributed by atoms with Crippen molar-refractivity contribution in [3.63, 3.8) is 0 Å². The molecule has 0 bridgehead atoms. The first-order valence-corrected chi connectivity index (χ1v) is 10.7. The highest BCUT2D eigenvalue weighted by molar-refractivity contribution is 7.99. The van der Waals surface area contributed by atoms with Crippen molar-refractivity contribution in [3.8, 4) is 5.69 Å². The maximum absolute atomic E-state index is 12.1. The molecule has 1 N–H and O–H groups in total. The largest absolute Gasteiger partial charge is 0.355 e. The molecule has 0 aliphatic rings. The number of aromatic nitrogens is 3. The van der Waals surface area contributed by atoms with Crippen LogP contribution in [0.1, 0.15) is 31.2 Å². The molecule has 0 fully saturated rings. The summed E-state index contributed by atoms with van der Waals surface area (Å²) in [6, 6.07) is 17.7. The van der Waals surface area contributed by atoms with Crippen molar-refractivity contribution in [2.75, 3.05) is 12.3 Å². The first-order chi connectivity index (χ1) is 13.7. The first-order valence-electron chi connectivity index (χ1n) is 9.31. The predicted molar refractivity (Wildman–Crippen MR) is 114 cm³/mol. The van der Waals surface area contributed by atoms with Gasteiger partial charge in [0.25, 0.3) is 0 Å². The zero-order valence-electron chi connectivity index (χ0n) is 15.8. The molecule has 0 saturated carbocycles. The van der Waals surface area contributed by atoms with Gasteiger partial charge in [0.15, 0.2) is 5.16 Å². The van der Waals surface area contributed by atoms with Crippen molar-refractivity contribution in [2.24, 2.45) is 0 Å². The number of nitrogens with one attached hydrogen (secondary N) is 1. The molecule has 1 aromatic heterocycles. The highest BCUT2D eigenvalue weighted by Crippen LogP contribution is 2.25. The Balaban J connectivity index is 1.82. The number of rotatable bonds is 9. The number of benzene rings is 2. The summed E-state index contributed by atoms with van der Waals surface area (Å²) in [5.74, 6) is 1.11. The summed E-state index contributed by atoms with van der Waals surface area (Å²) in [4.78, 5) is 12.1. The number of halogens is 1. The molecule has 0 aliphatic carbocycles. The molecule has 146 valence electrons. The SMILES string of the molecule is CCCCNC(=O)CSc1nnc(Cc2ccccc2)n1-c1cccc(Cl)c1. The summed E-state index contributed by atoms with van der Waals surface area (Å²) in [7, 11) is 0. The van der Waals surface area contributed by atoms with Crippen molar-refractivity contribution in [1.29, 1.82) is 0 Å². The number of carbonyl (C=O) groups excluding carboxylic acids is 1. The summed E-state index contributed by atoms with van der Waals surface area (Å²) in [6.45, 7) is 2.80. The number of hydrogen-bond donors (Lipinski definition) is 1. The summed E-state index contributed by atoms with van der Waals surface area (Å²) < 4.78 is 1.98. The van der Waals surface area contributed by atoms with Crippen LogP contribution in [0.5, 0.6) is 0 Å². The Morgan fingerprint density at radius 3 is 2.71 bits per heavy atom. The molecule has 3 aromatic rings. The molecule has 0 saturated heterocycles. The molecule has 2 aromatic carbocycles. The van der Waals surface area contributed by atoms with Crippen molar-refractivity contribution in [2.45, 2.75) is 31.3 Å². The lowest BCUT2D eigenvalue weighted by molar-refractivity contribution is -0.118. The average Bonchev–Trinajstić information content (AvgIpc) is 3.10. The summed E-state index contributed by atoms with van der Waals surface area (Å²) in [5.41, 5.74) is 2.03. The fraction of sp³-hybridized carbons (Fsp3) is 0.286. The molecular formula is C21H23ClN4OS. The standard InChI is InChI=1S/C21H23ClN4OS/c1-2-3-12-23-20(27)15-28-21-25-24-19(13-16-8-5-4-6-9-16)26(21)18-11-7-10-17(22)14-18/h4-11,14H,2-3,12-13,15H2,1H3,(H,23,27). The van der Waals surface area contributed by atoms with Crippen LogP contribution >= 0.6 is 23.4 Å². The van der Waals surface area contributed by atoms with Crippen molar-refractivity contribution < 1.29 is 4.79 Å². The number of amides is 1. The number of unbranched alkanes of at least 4 members (excludes halogenated alkanes) is 1. The van der Waals surface area contributed by atoms with Crippen molar-refractivity contribution >= 4 is 29.3 Å². The minimum Gasteiger partial charge on any atom is -0.355 e. The van der Waals surface area contributed by atoms with E-state index in [0.717, 1.165) is 29.9 Å². The van der Waals surface area contributed by atoms with E-state index in [1.54, 1.807) is 0 Å². The smallest absolute Gasteiger partial charge is 0.230 e. The van der Waals surface area contributed by atoms with Gasteiger partial charge in [0.1, 0.15) is 5.82 Å². The number of hydrogen-bond acceptors (Lipinski definition) is 4. The van der Waals surface area contributed by atoms with E-state index in [0.29, 0.717) is 28.9 Å². The Hall–Kier alpha value is -2.31. The van der Waals surface area contributed by atoms with E-state index in [9.17, 15) is 4.79 Å². The lowest BCUT2D eigenvalue weighted by Crippen LogP contribution is -2.26. The lowest BCUT2D eigenvalue weighted by atomic mass is 10.1. The maximum atomic E-state index is 12.1. The van der Waals surface area contributed by atoms with Gasteiger partial charge in [-0.25, -0.2) is 0 Å². The van der Waals surface area contributed by atoms with E-state index in [2.05, 4.69) is 34.6 Å². The summed E-state index contributed by atoms with van der Waals surface area (Å²) >= 11 is 7.58. The topological polar surface area (TPSA) is 59.8 Å². The van der Waals surface area contributed by atoms with E-state index in [1.807, 2.05) is 47.0 Å². The Morgan fingerprint density at radius 2 is 1.96 bits per heavy atom. The minimum absolute atomic E-state index is 0.00343. The van der Waals surface area contributed by atoms with Crippen LogP contribution in [0.15, 0.2) is 59.8 Å². The van der Waals surface area contributed by atoms with Crippen LogP contribution < -0.4 is 5.32 Å². The van der Waals surface area contributed by atoms with Crippen LogP contribution in [0.3, 0.4) is 0 Å². The number of carbonyl (C=O) groups is 1. The fourth-order valence-corrected chi connectivity index (χ4v) is 3.73. The van der Waals surface area contributed by atoms with E-state index in [-0.39, 0.29) is 5.91 Å². The third-order valence-corrected chi connectivity index (χ3v) is 5.32. The Morgan fingerprint density at radius 1 is 1.14 bits per heavy atom. The zero-order valence-corrected chi connectivity index (χ0v) is 17.3. The van der Waals surface area contributed by atoms with Gasteiger partial charge in [0, 0.05) is 18.0 Å². The second kappa shape index (κ2) is 10.3. The molecule has 28 heavy (non-hydrogen) atoms. The Labute approximate surface area is 174 Å². The quantitative estimate of drug-likeness (QED) is 0.413. The van der Waals surface area contributed by atoms with Gasteiger partial charge in [-0.15, -0.1) is 10.2 Å². The summed E-state index contributed by atoms with van der Waals surface area (Å²) in [6.07, 6.45) is 2.68. The van der Waals surface area contributed by atoms with Crippen LogP contribution in [-0.2, 0) is 11.2 Å². The van der Waals surface area contributed by atoms with Crippen molar-refractivity contribution in [1.82, 2.24) is 20.1 Å². The van der Waals surface area contributed by atoms with Gasteiger partial charge in [0.05, 0.1) is 11.4 Å². The molecule has 0 radical (unpaired) electrons. The monoisotopic (exact) mass is 414 g/mol. The molecule has 3 rings (SSSR count). The molecule has 0 aliphatic heterocycles. The van der Waals surface area contributed by atoms with Crippen LogP contribution in [0, 0.1) is 0 Å². The molecule has 5 nitrogen and oxygen atoms in total. The minimum atomic E-state index is 0.00343. The lowest BCUT2D eigenvalue weighted by Gasteiger charge is -2.11. The first kappa shape index (κ1) is 20.4. The second-order valence-corrected chi connectivity index (χ2v) is 7.75. The molecular weight excluding hydrogens is 392 g/mol. The third kappa shape index (κ3) is 5.59. The second-order valence-electron chi connectivity index (χ2n) is 6.37. The van der Waals surface area contributed by atoms with Gasteiger partial charge in [-0.2, -0.15) is 0 Å². The Kier molecular flexibility index (Phi) is 7.51. The van der Waals surface area contributed by atoms with Gasteiger partial charge >= 0.3 is 0 Å². The zero-order chi connectivity index (χ0) is 19.8. The number of nitrogens with zero attached hydrogens (tertiary/aromatic N) is 3. The highest BCUT2D eigenvalue weighted by Gasteiger charge is 2.16. The molecule has 1 amide bonds.